The highest BCUT2D eigenvalue weighted by atomic mass is 16.5. The van der Waals surface area contributed by atoms with Crippen molar-refractivity contribution in [2.24, 2.45) is 0 Å². The first-order valence-electron chi connectivity index (χ1n) is 5.82. The van der Waals surface area contributed by atoms with E-state index >= 15 is 0 Å². The number of aromatic nitrogens is 1. The average Bonchev–Trinajstić information content (AvgIpc) is 2.42. The predicted octanol–water partition coefficient (Wildman–Crippen LogP) is 2.12. The van der Waals surface area contributed by atoms with Crippen molar-refractivity contribution < 1.29 is 9.53 Å². The second-order valence-corrected chi connectivity index (χ2v) is 4.08. The Balaban J connectivity index is 2.28. The van der Waals surface area contributed by atoms with E-state index in [4.69, 9.17) is 10.5 Å². The number of benzene rings is 1. The van der Waals surface area contributed by atoms with Crippen molar-refractivity contribution in [3.8, 4) is 11.5 Å². The number of nitrogens with zero attached hydrogens (tertiary/aromatic N) is 1. The number of carbonyl (C=O) groups is 1. The van der Waals surface area contributed by atoms with Gasteiger partial charge in [0.15, 0.2) is 0 Å². The quantitative estimate of drug-likeness (QED) is 0.826. The number of rotatable bonds is 3. The smallest absolute Gasteiger partial charge is 0.269 e. The van der Waals surface area contributed by atoms with Crippen LogP contribution in [0.3, 0.4) is 0 Å². The second-order valence-electron chi connectivity index (χ2n) is 4.08. The Morgan fingerprint density at radius 3 is 2.84 bits per heavy atom. The third kappa shape index (κ3) is 3.01. The molecule has 0 saturated carbocycles. The number of carbonyl (C=O) groups excluding carboxylic acids is 1. The van der Waals surface area contributed by atoms with Crippen LogP contribution in [0, 0.1) is 6.92 Å². The lowest BCUT2D eigenvalue weighted by atomic mass is 10.2. The van der Waals surface area contributed by atoms with Crippen LogP contribution in [0.25, 0.3) is 0 Å². The summed E-state index contributed by atoms with van der Waals surface area (Å²) >= 11 is 0. The fourth-order valence-electron chi connectivity index (χ4n) is 1.58. The van der Waals surface area contributed by atoms with E-state index < -0.39 is 0 Å². The third-order valence-corrected chi connectivity index (χ3v) is 2.63. The van der Waals surface area contributed by atoms with E-state index in [-0.39, 0.29) is 5.91 Å². The van der Waals surface area contributed by atoms with Crippen LogP contribution in [0.1, 0.15) is 16.1 Å². The number of aryl methyl sites for hydroxylation is 1. The highest BCUT2D eigenvalue weighted by molar-refractivity contribution is 5.92. The van der Waals surface area contributed by atoms with Crippen LogP contribution in [-0.2, 0) is 0 Å². The molecular weight excluding hydrogens is 242 g/mol. The number of nitrogens with two attached hydrogens (primary N) is 1. The predicted molar refractivity (Wildman–Crippen MR) is 73.3 cm³/mol. The van der Waals surface area contributed by atoms with Crippen LogP contribution in [0.5, 0.6) is 11.5 Å². The molecule has 2 rings (SSSR count). The highest BCUT2D eigenvalue weighted by Gasteiger charge is 2.08. The molecule has 98 valence electrons. The molecule has 0 saturated heterocycles. The van der Waals surface area contributed by atoms with E-state index in [2.05, 4.69) is 10.3 Å². The summed E-state index contributed by atoms with van der Waals surface area (Å²) in [5, 5.41) is 2.52. The van der Waals surface area contributed by atoms with Crippen molar-refractivity contribution in [2.75, 3.05) is 12.8 Å². The summed E-state index contributed by atoms with van der Waals surface area (Å²) in [5.74, 6) is 0.950. The second kappa shape index (κ2) is 5.39. The molecule has 1 aromatic carbocycles. The topological polar surface area (TPSA) is 77.2 Å². The molecule has 0 aliphatic rings. The third-order valence-electron chi connectivity index (χ3n) is 2.63. The summed E-state index contributed by atoms with van der Waals surface area (Å²) in [6, 6.07) is 8.71. The number of nitrogens with one attached hydrogen (secondary N) is 1. The molecule has 5 nitrogen and oxygen atoms in total. The van der Waals surface area contributed by atoms with Crippen LogP contribution in [0.4, 0.5) is 5.69 Å². The Labute approximate surface area is 111 Å². The van der Waals surface area contributed by atoms with Crippen LogP contribution in [0.15, 0.2) is 36.5 Å². The summed E-state index contributed by atoms with van der Waals surface area (Å²) in [4.78, 5) is 15.5. The molecular formula is C14H15N3O2. The minimum Gasteiger partial charge on any atom is -0.457 e. The molecule has 0 spiro atoms. The molecule has 0 radical (unpaired) electrons. The van der Waals surface area contributed by atoms with Gasteiger partial charge in [-0.15, -0.1) is 0 Å². The highest BCUT2D eigenvalue weighted by Crippen LogP contribution is 2.26. The van der Waals surface area contributed by atoms with Gasteiger partial charge in [-0.05, 0) is 24.6 Å². The summed E-state index contributed by atoms with van der Waals surface area (Å²) in [5.41, 5.74) is 7.62. The molecule has 19 heavy (non-hydrogen) atoms. The van der Waals surface area contributed by atoms with Crippen molar-refractivity contribution in [2.45, 2.75) is 6.92 Å². The molecule has 0 aliphatic carbocycles. The molecule has 5 heteroatoms. The number of amides is 1. The van der Waals surface area contributed by atoms with Crippen LogP contribution < -0.4 is 15.8 Å². The molecule has 0 bridgehead atoms. The van der Waals surface area contributed by atoms with E-state index in [1.807, 2.05) is 19.1 Å². The summed E-state index contributed by atoms with van der Waals surface area (Å²) in [7, 11) is 1.56. The molecule has 0 atom stereocenters. The van der Waals surface area contributed by atoms with E-state index in [9.17, 15) is 4.79 Å². The van der Waals surface area contributed by atoms with Gasteiger partial charge in [0.2, 0.25) is 0 Å². The summed E-state index contributed by atoms with van der Waals surface area (Å²) in [6.07, 6.45) is 1.53. The van der Waals surface area contributed by atoms with E-state index in [1.54, 1.807) is 25.2 Å². The number of ether oxygens (including phenoxy) is 1. The van der Waals surface area contributed by atoms with Gasteiger partial charge in [0.1, 0.15) is 17.2 Å². The molecule has 1 heterocycles. The van der Waals surface area contributed by atoms with Crippen molar-refractivity contribution >= 4 is 11.6 Å². The normalized spacial score (nSPS) is 10.0. The van der Waals surface area contributed by atoms with Gasteiger partial charge in [0, 0.05) is 31.1 Å². The van der Waals surface area contributed by atoms with Crippen molar-refractivity contribution in [3.63, 3.8) is 0 Å². The molecule has 0 aliphatic heterocycles. The first kappa shape index (κ1) is 12.9. The number of nitrogen functional groups attached to an aromatic ring is 1. The SMILES string of the molecule is CNC(=O)c1cc(Oc2cc(N)ccc2C)ccn1. The van der Waals surface area contributed by atoms with E-state index in [0.717, 1.165) is 5.56 Å². The maximum Gasteiger partial charge on any atom is 0.269 e. The number of anilines is 1. The van der Waals surface area contributed by atoms with Gasteiger partial charge in [-0.2, -0.15) is 0 Å². The number of pyridine rings is 1. The van der Waals surface area contributed by atoms with Crippen LogP contribution in [0.2, 0.25) is 0 Å². The molecule has 2 aromatic rings. The van der Waals surface area contributed by atoms with Gasteiger partial charge < -0.3 is 15.8 Å². The maximum atomic E-state index is 11.5. The lowest BCUT2D eigenvalue weighted by Gasteiger charge is -2.10. The first-order chi connectivity index (χ1) is 9.10. The summed E-state index contributed by atoms with van der Waals surface area (Å²) in [6.45, 7) is 1.93. The standard InChI is InChI=1S/C14H15N3O2/c1-9-3-4-10(15)7-13(9)19-11-5-6-17-12(8-11)14(18)16-2/h3-8H,15H2,1-2H3,(H,16,18). The van der Waals surface area contributed by atoms with Crippen LogP contribution >= 0.6 is 0 Å². The maximum absolute atomic E-state index is 11.5. The number of hydrogen-bond donors (Lipinski definition) is 2. The van der Waals surface area contributed by atoms with Gasteiger partial charge in [0.25, 0.3) is 5.91 Å². The van der Waals surface area contributed by atoms with Crippen LogP contribution in [-0.4, -0.2) is 17.9 Å². The first-order valence-corrected chi connectivity index (χ1v) is 5.82. The minimum absolute atomic E-state index is 0.255. The number of hydrogen-bond acceptors (Lipinski definition) is 4. The fourth-order valence-corrected chi connectivity index (χ4v) is 1.58. The molecule has 1 aromatic heterocycles. The minimum atomic E-state index is -0.255. The largest absolute Gasteiger partial charge is 0.457 e. The van der Waals surface area contributed by atoms with Gasteiger partial charge in [0.05, 0.1) is 0 Å². The van der Waals surface area contributed by atoms with Crippen molar-refractivity contribution in [1.29, 1.82) is 0 Å². The monoisotopic (exact) mass is 257 g/mol. The van der Waals surface area contributed by atoms with Gasteiger partial charge in [-0.3, -0.25) is 9.78 Å². The fraction of sp³-hybridized carbons (Fsp3) is 0.143. The van der Waals surface area contributed by atoms with E-state index in [1.165, 1.54) is 6.20 Å². The Hall–Kier alpha value is -2.56. The Morgan fingerprint density at radius 2 is 2.11 bits per heavy atom. The average molecular weight is 257 g/mol. The Bertz CT molecular complexity index is 611. The van der Waals surface area contributed by atoms with Crippen molar-refractivity contribution in [1.82, 2.24) is 10.3 Å². The Kier molecular flexibility index (Phi) is 3.66. The molecule has 3 N–H and O–H groups in total. The lowest BCUT2D eigenvalue weighted by molar-refractivity contribution is 0.0958. The zero-order valence-corrected chi connectivity index (χ0v) is 10.8. The molecule has 1 amide bonds. The van der Waals surface area contributed by atoms with Gasteiger partial charge in [-0.1, -0.05) is 6.07 Å². The zero-order valence-electron chi connectivity index (χ0n) is 10.8. The van der Waals surface area contributed by atoms with E-state index in [0.29, 0.717) is 22.9 Å². The molecule has 0 unspecified atom stereocenters. The summed E-state index contributed by atoms with van der Waals surface area (Å²) < 4.78 is 5.73. The lowest BCUT2D eigenvalue weighted by Crippen LogP contribution is -2.18. The van der Waals surface area contributed by atoms with Crippen molar-refractivity contribution in [3.05, 3.63) is 47.8 Å². The molecule has 0 fully saturated rings. The van der Waals surface area contributed by atoms with Gasteiger partial charge in [-0.25, -0.2) is 0 Å². The Morgan fingerprint density at radius 1 is 1.32 bits per heavy atom. The van der Waals surface area contributed by atoms with Gasteiger partial charge >= 0.3 is 0 Å². The zero-order chi connectivity index (χ0) is 13.8.